The zero-order valence-corrected chi connectivity index (χ0v) is 17.8. The molecule has 0 heterocycles. The van der Waals surface area contributed by atoms with Crippen molar-refractivity contribution in [2.45, 2.75) is 51.2 Å². The third-order valence-corrected chi connectivity index (χ3v) is 4.34. The first-order chi connectivity index (χ1) is 14.6. The third kappa shape index (κ3) is 10.1. The van der Waals surface area contributed by atoms with Gasteiger partial charge in [0, 0.05) is 19.9 Å². The topological polar surface area (TPSA) is 195 Å². The van der Waals surface area contributed by atoms with Crippen LogP contribution in [0.3, 0.4) is 0 Å². The second-order valence-corrected chi connectivity index (χ2v) is 7.09. The fourth-order valence-electron chi connectivity index (χ4n) is 2.73. The van der Waals surface area contributed by atoms with Crippen LogP contribution in [0.2, 0.25) is 0 Å². The van der Waals surface area contributed by atoms with E-state index in [4.69, 9.17) is 17.2 Å². The lowest BCUT2D eigenvalue weighted by Crippen LogP contribution is -2.56. The van der Waals surface area contributed by atoms with E-state index in [0.717, 1.165) is 5.56 Å². The van der Waals surface area contributed by atoms with E-state index >= 15 is 0 Å². The van der Waals surface area contributed by atoms with Crippen LogP contribution in [0.4, 0.5) is 0 Å². The maximum Gasteiger partial charge on any atom is 0.243 e. The molecule has 170 valence electrons. The van der Waals surface area contributed by atoms with Gasteiger partial charge in [0.05, 0.1) is 0 Å². The summed E-state index contributed by atoms with van der Waals surface area (Å²) in [6, 6.07) is 6.36. The number of guanidine groups is 1. The van der Waals surface area contributed by atoms with Crippen molar-refractivity contribution in [2.75, 3.05) is 6.54 Å². The van der Waals surface area contributed by atoms with Crippen molar-refractivity contribution in [3.05, 3.63) is 35.9 Å². The molecule has 0 aliphatic rings. The summed E-state index contributed by atoms with van der Waals surface area (Å²) in [5, 5.41) is 7.71. The lowest BCUT2D eigenvalue weighted by Gasteiger charge is -2.24. The number of primary amides is 1. The molecule has 0 saturated heterocycles. The van der Waals surface area contributed by atoms with Crippen molar-refractivity contribution in [3.8, 4) is 0 Å². The number of benzene rings is 1. The molecule has 0 spiro atoms. The van der Waals surface area contributed by atoms with Crippen LogP contribution in [-0.4, -0.2) is 54.3 Å². The van der Waals surface area contributed by atoms with Gasteiger partial charge in [-0.05, 0) is 25.3 Å². The molecule has 1 aromatic rings. The summed E-state index contributed by atoms with van der Waals surface area (Å²) in [5.74, 6) is -2.29. The Labute approximate surface area is 181 Å². The van der Waals surface area contributed by atoms with Gasteiger partial charge in [-0.2, -0.15) is 0 Å². The molecule has 4 amide bonds. The maximum atomic E-state index is 12.9. The van der Waals surface area contributed by atoms with Gasteiger partial charge in [-0.1, -0.05) is 30.3 Å². The summed E-state index contributed by atoms with van der Waals surface area (Å²) in [6.45, 7) is 3.00. The smallest absolute Gasteiger partial charge is 0.243 e. The Balaban J connectivity index is 2.93. The summed E-state index contributed by atoms with van der Waals surface area (Å²) < 4.78 is 0. The third-order valence-electron chi connectivity index (χ3n) is 4.34. The van der Waals surface area contributed by atoms with Crippen LogP contribution in [0.1, 0.15) is 32.3 Å². The Hall–Kier alpha value is -3.63. The van der Waals surface area contributed by atoms with E-state index < -0.39 is 35.8 Å². The van der Waals surface area contributed by atoms with Crippen molar-refractivity contribution in [2.24, 2.45) is 22.2 Å². The maximum absolute atomic E-state index is 12.9. The molecule has 0 aliphatic heterocycles. The largest absolute Gasteiger partial charge is 0.370 e. The molecular formula is C20H31N7O4. The van der Waals surface area contributed by atoms with Crippen LogP contribution < -0.4 is 33.2 Å². The number of carbonyl (C=O) groups excluding carboxylic acids is 4. The second kappa shape index (κ2) is 12.8. The van der Waals surface area contributed by atoms with Gasteiger partial charge >= 0.3 is 0 Å². The Kier molecular flexibility index (Phi) is 10.5. The van der Waals surface area contributed by atoms with Gasteiger partial charge in [0.1, 0.15) is 18.1 Å². The fraction of sp³-hybridized carbons (Fsp3) is 0.450. The number of nitrogens with two attached hydrogens (primary N) is 3. The van der Waals surface area contributed by atoms with Gasteiger partial charge < -0.3 is 33.2 Å². The Morgan fingerprint density at radius 1 is 0.935 bits per heavy atom. The first-order valence-corrected chi connectivity index (χ1v) is 9.86. The molecule has 11 nitrogen and oxygen atoms in total. The van der Waals surface area contributed by atoms with Crippen LogP contribution in [0.25, 0.3) is 0 Å². The van der Waals surface area contributed by atoms with Crippen molar-refractivity contribution < 1.29 is 19.2 Å². The highest BCUT2D eigenvalue weighted by molar-refractivity contribution is 5.93. The van der Waals surface area contributed by atoms with Crippen molar-refractivity contribution in [3.63, 3.8) is 0 Å². The summed E-state index contributed by atoms with van der Waals surface area (Å²) in [6.07, 6.45) is 0.842. The van der Waals surface area contributed by atoms with Crippen LogP contribution in [0.15, 0.2) is 35.3 Å². The zero-order chi connectivity index (χ0) is 23.4. The molecule has 0 aliphatic carbocycles. The van der Waals surface area contributed by atoms with Crippen molar-refractivity contribution >= 4 is 29.6 Å². The predicted octanol–water partition coefficient (Wildman–Crippen LogP) is -1.74. The molecule has 11 heteroatoms. The number of rotatable bonds is 12. The van der Waals surface area contributed by atoms with E-state index in [1.54, 1.807) is 0 Å². The number of nitrogens with zero attached hydrogens (tertiary/aromatic N) is 1. The highest BCUT2D eigenvalue weighted by atomic mass is 16.2. The highest BCUT2D eigenvalue weighted by Gasteiger charge is 2.27. The van der Waals surface area contributed by atoms with Crippen molar-refractivity contribution in [1.29, 1.82) is 0 Å². The van der Waals surface area contributed by atoms with E-state index in [1.807, 2.05) is 30.3 Å². The summed E-state index contributed by atoms with van der Waals surface area (Å²) in [4.78, 5) is 52.2. The van der Waals surface area contributed by atoms with E-state index in [2.05, 4.69) is 20.9 Å². The number of hydrogen-bond acceptors (Lipinski definition) is 5. The van der Waals surface area contributed by atoms with Gasteiger partial charge in [0.25, 0.3) is 0 Å². The van der Waals surface area contributed by atoms with Gasteiger partial charge in [0.15, 0.2) is 5.96 Å². The molecule has 0 aromatic heterocycles. The molecule has 3 unspecified atom stereocenters. The molecular weight excluding hydrogens is 402 g/mol. The van der Waals surface area contributed by atoms with Crippen molar-refractivity contribution in [1.82, 2.24) is 16.0 Å². The molecule has 0 fully saturated rings. The van der Waals surface area contributed by atoms with Gasteiger partial charge in [-0.3, -0.25) is 24.2 Å². The molecule has 9 N–H and O–H groups in total. The van der Waals surface area contributed by atoms with E-state index in [1.165, 1.54) is 13.8 Å². The molecule has 1 aromatic carbocycles. The molecule has 3 atom stereocenters. The van der Waals surface area contributed by atoms with Gasteiger partial charge in [-0.15, -0.1) is 0 Å². The standard InChI is InChI=1S/C20H31N7O4/c1-12(17(21)29)25-18(30)15(9-6-10-24-20(22)23)27-19(31)16(26-13(2)28)11-14-7-4-3-5-8-14/h3-5,7-8,12,15-16H,6,9-11H2,1-2H3,(H2,21,29)(H,25,30)(H,26,28)(H,27,31)(H4,22,23,24). The van der Waals surface area contributed by atoms with E-state index in [9.17, 15) is 19.2 Å². The van der Waals surface area contributed by atoms with Crippen LogP contribution in [0.5, 0.6) is 0 Å². The number of amides is 4. The van der Waals surface area contributed by atoms with Gasteiger partial charge in [-0.25, -0.2) is 0 Å². The second-order valence-electron chi connectivity index (χ2n) is 7.09. The minimum absolute atomic E-state index is 0.0824. The lowest BCUT2D eigenvalue weighted by molar-refractivity contribution is -0.133. The zero-order valence-electron chi connectivity index (χ0n) is 17.8. The van der Waals surface area contributed by atoms with Gasteiger partial charge in [0.2, 0.25) is 23.6 Å². The van der Waals surface area contributed by atoms with Crippen LogP contribution in [0, 0.1) is 0 Å². The molecule has 1 rings (SSSR count). The number of hydrogen-bond donors (Lipinski definition) is 6. The van der Waals surface area contributed by atoms with Crippen LogP contribution in [-0.2, 0) is 25.6 Å². The van der Waals surface area contributed by atoms with Crippen LogP contribution >= 0.6 is 0 Å². The predicted molar refractivity (Wildman–Crippen MR) is 116 cm³/mol. The quantitative estimate of drug-likeness (QED) is 0.129. The molecule has 31 heavy (non-hydrogen) atoms. The molecule has 0 radical (unpaired) electrons. The highest BCUT2D eigenvalue weighted by Crippen LogP contribution is 2.06. The average Bonchev–Trinajstić information content (AvgIpc) is 2.69. The first kappa shape index (κ1) is 25.4. The Morgan fingerprint density at radius 3 is 2.10 bits per heavy atom. The first-order valence-electron chi connectivity index (χ1n) is 9.86. The number of nitrogens with one attached hydrogen (secondary N) is 3. The Bertz CT molecular complexity index is 794. The summed E-state index contributed by atoms with van der Waals surface area (Å²) in [7, 11) is 0. The normalized spacial score (nSPS) is 13.2. The Morgan fingerprint density at radius 2 is 1.55 bits per heavy atom. The number of carbonyl (C=O) groups is 4. The average molecular weight is 434 g/mol. The summed E-state index contributed by atoms with van der Waals surface area (Å²) in [5.41, 5.74) is 16.6. The fourth-order valence-corrected chi connectivity index (χ4v) is 2.73. The molecule has 0 bridgehead atoms. The lowest BCUT2D eigenvalue weighted by atomic mass is 10.0. The molecule has 0 saturated carbocycles. The summed E-state index contributed by atoms with van der Waals surface area (Å²) >= 11 is 0. The number of aliphatic imine (C=N–C) groups is 1. The minimum atomic E-state index is -0.976. The minimum Gasteiger partial charge on any atom is -0.370 e. The monoisotopic (exact) mass is 433 g/mol. The van der Waals surface area contributed by atoms with E-state index in [-0.39, 0.29) is 31.3 Å². The van der Waals surface area contributed by atoms with E-state index in [0.29, 0.717) is 6.42 Å². The SMILES string of the molecule is CC(=O)NC(Cc1ccccc1)C(=O)NC(CCCN=C(N)N)C(=O)NC(C)C(N)=O.